The van der Waals surface area contributed by atoms with Crippen molar-refractivity contribution in [2.24, 2.45) is 5.10 Å². The SMILES string of the molecule is Cc1ccc(S(=O)(=O)N(Cc2ccc(Cl)cc2)c2ccccc2C(=O)N/N=C\c2ccc(OCC(=O)NCc3ccco3)cc2)cc1. The highest BCUT2D eigenvalue weighted by atomic mass is 35.5. The molecule has 0 saturated heterocycles. The zero-order chi connectivity index (χ0) is 33.2. The van der Waals surface area contributed by atoms with Crippen LogP contribution in [0.25, 0.3) is 0 Å². The van der Waals surface area contributed by atoms with Crippen LogP contribution in [0.15, 0.2) is 130 Å². The molecule has 0 fully saturated rings. The van der Waals surface area contributed by atoms with Gasteiger partial charge in [0, 0.05) is 5.02 Å². The van der Waals surface area contributed by atoms with E-state index < -0.39 is 15.9 Å². The summed E-state index contributed by atoms with van der Waals surface area (Å²) in [6, 6.07) is 30.1. The molecule has 0 bridgehead atoms. The van der Waals surface area contributed by atoms with E-state index in [1.54, 1.807) is 103 Å². The lowest BCUT2D eigenvalue weighted by Crippen LogP contribution is -2.33. The zero-order valence-corrected chi connectivity index (χ0v) is 26.9. The summed E-state index contributed by atoms with van der Waals surface area (Å²) in [5.41, 5.74) is 5.04. The lowest BCUT2D eigenvalue weighted by molar-refractivity contribution is -0.123. The number of carbonyl (C=O) groups is 2. The minimum Gasteiger partial charge on any atom is -0.484 e. The fourth-order valence-corrected chi connectivity index (χ4v) is 6.05. The van der Waals surface area contributed by atoms with Crippen molar-refractivity contribution in [2.45, 2.75) is 24.9 Å². The highest BCUT2D eigenvalue weighted by molar-refractivity contribution is 7.92. The maximum atomic E-state index is 14.0. The molecule has 0 saturated carbocycles. The molecule has 1 heterocycles. The van der Waals surface area contributed by atoms with E-state index in [1.807, 2.05) is 6.92 Å². The van der Waals surface area contributed by atoms with Gasteiger partial charge in [-0.2, -0.15) is 5.10 Å². The summed E-state index contributed by atoms with van der Waals surface area (Å²) in [4.78, 5) is 25.5. The third kappa shape index (κ3) is 8.87. The van der Waals surface area contributed by atoms with Crippen LogP contribution in [0, 0.1) is 6.92 Å². The van der Waals surface area contributed by atoms with Crippen molar-refractivity contribution >= 4 is 45.3 Å². The number of hydrazone groups is 1. The van der Waals surface area contributed by atoms with E-state index in [1.165, 1.54) is 22.8 Å². The van der Waals surface area contributed by atoms with E-state index in [2.05, 4.69) is 15.8 Å². The summed E-state index contributed by atoms with van der Waals surface area (Å²) in [7, 11) is -4.09. The molecule has 0 aliphatic carbocycles. The lowest BCUT2D eigenvalue weighted by atomic mass is 10.1. The first-order chi connectivity index (χ1) is 22.7. The number of hydrogen-bond donors (Lipinski definition) is 2. The summed E-state index contributed by atoms with van der Waals surface area (Å²) in [6.45, 7) is 1.93. The van der Waals surface area contributed by atoms with Crippen LogP contribution in [0.5, 0.6) is 5.75 Å². The van der Waals surface area contributed by atoms with Gasteiger partial charge >= 0.3 is 0 Å². The molecule has 5 rings (SSSR count). The van der Waals surface area contributed by atoms with Crippen molar-refractivity contribution in [1.82, 2.24) is 10.7 Å². The van der Waals surface area contributed by atoms with Gasteiger partial charge in [-0.25, -0.2) is 13.8 Å². The second-order valence-electron chi connectivity index (χ2n) is 10.4. The fourth-order valence-electron chi connectivity index (χ4n) is 4.45. The van der Waals surface area contributed by atoms with Crippen LogP contribution in [-0.2, 0) is 27.9 Å². The Kier molecular flexibility index (Phi) is 10.7. The number of rotatable bonds is 13. The monoisotopic (exact) mass is 670 g/mol. The molecule has 12 heteroatoms. The molecule has 0 radical (unpaired) electrons. The molecule has 0 atom stereocenters. The summed E-state index contributed by atoms with van der Waals surface area (Å²) in [5, 5.41) is 7.29. The quantitative estimate of drug-likeness (QED) is 0.115. The number of para-hydroxylation sites is 1. The zero-order valence-electron chi connectivity index (χ0n) is 25.3. The number of hydrogen-bond acceptors (Lipinski definition) is 7. The first-order valence-electron chi connectivity index (χ1n) is 14.5. The third-order valence-corrected chi connectivity index (χ3v) is 8.96. The predicted octanol–water partition coefficient (Wildman–Crippen LogP) is 6.10. The van der Waals surface area contributed by atoms with Crippen molar-refractivity contribution in [3.63, 3.8) is 0 Å². The lowest BCUT2D eigenvalue weighted by Gasteiger charge is -2.26. The number of sulfonamides is 1. The largest absolute Gasteiger partial charge is 0.484 e. The molecule has 10 nitrogen and oxygen atoms in total. The molecular formula is C35H31ClN4O6S. The number of anilines is 1. The number of nitrogens with zero attached hydrogens (tertiary/aromatic N) is 2. The van der Waals surface area contributed by atoms with Gasteiger partial charge in [0.1, 0.15) is 11.5 Å². The average Bonchev–Trinajstić information content (AvgIpc) is 3.61. The van der Waals surface area contributed by atoms with Gasteiger partial charge in [0.2, 0.25) is 0 Å². The van der Waals surface area contributed by atoms with E-state index >= 15 is 0 Å². The number of halogens is 1. The topological polar surface area (TPSA) is 130 Å². The summed E-state index contributed by atoms with van der Waals surface area (Å²) >= 11 is 6.06. The van der Waals surface area contributed by atoms with E-state index in [4.69, 9.17) is 20.8 Å². The number of furan rings is 1. The third-order valence-electron chi connectivity index (χ3n) is 6.94. The molecule has 2 N–H and O–H groups in total. The van der Waals surface area contributed by atoms with Gasteiger partial charge in [-0.15, -0.1) is 0 Å². The van der Waals surface area contributed by atoms with Gasteiger partial charge in [-0.3, -0.25) is 13.9 Å². The standard InChI is InChI=1S/C35H31ClN4O6S/c1-25-8-18-31(19-9-25)47(43,44)40(23-27-10-14-28(36)15-11-27)33-7-3-2-6-32(33)35(42)39-38-21-26-12-16-29(17-13-26)46-24-34(41)37-22-30-5-4-20-45-30/h2-21H,22-24H2,1H3,(H,37,41)(H,39,42)/b38-21-. The number of carbonyl (C=O) groups excluding carboxylic acids is 2. The van der Waals surface area contributed by atoms with E-state index in [0.717, 1.165) is 5.56 Å². The molecule has 0 aliphatic rings. The van der Waals surface area contributed by atoms with Crippen molar-refractivity contribution in [2.75, 3.05) is 10.9 Å². The number of aryl methyl sites for hydroxylation is 1. The van der Waals surface area contributed by atoms with Gasteiger partial charge in [0.05, 0.1) is 41.7 Å². The number of amides is 2. The number of nitrogens with one attached hydrogen (secondary N) is 2. The fraction of sp³-hybridized carbons (Fsp3) is 0.114. The normalized spacial score (nSPS) is 11.3. The minimum absolute atomic E-state index is 0.0407. The number of benzene rings is 4. The van der Waals surface area contributed by atoms with Crippen LogP contribution in [-0.4, -0.2) is 33.1 Å². The highest BCUT2D eigenvalue weighted by Crippen LogP contribution is 2.30. The highest BCUT2D eigenvalue weighted by Gasteiger charge is 2.28. The summed E-state index contributed by atoms with van der Waals surface area (Å²) in [6.07, 6.45) is 2.97. The van der Waals surface area contributed by atoms with Crippen LogP contribution < -0.4 is 19.8 Å². The summed E-state index contributed by atoms with van der Waals surface area (Å²) in [5.74, 6) is 0.218. The molecular weight excluding hydrogens is 640 g/mol. The molecule has 5 aromatic rings. The number of ether oxygens (including phenoxy) is 1. The van der Waals surface area contributed by atoms with Crippen LogP contribution in [0.4, 0.5) is 5.69 Å². The average molecular weight is 671 g/mol. The molecule has 0 aliphatic heterocycles. The molecule has 240 valence electrons. The Hall–Kier alpha value is -5.39. The molecule has 0 spiro atoms. The molecule has 47 heavy (non-hydrogen) atoms. The Morgan fingerprint density at radius 2 is 1.64 bits per heavy atom. The van der Waals surface area contributed by atoms with E-state index in [9.17, 15) is 18.0 Å². The van der Waals surface area contributed by atoms with Crippen LogP contribution in [0.1, 0.15) is 32.8 Å². The van der Waals surface area contributed by atoms with E-state index in [-0.39, 0.29) is 41.7 Å². The van der Waals surface area contributed by atoms with Crippen LogP contribution in [0.2, 0.25) is 5.02 Å². The van der Waals surface area contributed by atoms with Crippen molar-refractivity contribution < 1.29 is 27.2 Å². The van der Waals surface area contributed by atoms with Gasteiger partial charge in [-0.05, 0) is 90.8 Å². The maximum absolute atomic E-state index is 14.0. The predicted molar refractivity (Wildman–Crippen MR) is 180 cm³/mol. The molecule has 4 aromatic carbocycles. The van der Waals surface area contributed by atoms with Crippen molar-refractivity contribution in [3.05, 3.63) is 148 Å². The van der Waals surface area contributed by atoms with Crippen molar-refractivity contribution in [1.29, 1.82) is 0 Å². The van der Waals surface area contributed by atoms with Gasteiger partial charge in [0.15, 0.2) is 6.61 Å². The Morgan fingerprint density at radius 1 is 0.915 bits per heavy atom. The molecule has 2 amide bonds. The second-order valence-corrected chi connectivity index (χ2v) is 12.7. The van der Waals surface area contributed by atoms with Crippen LogP contribution in [0.3, 0.4) is 0 Å². The summed E-state index contributed by atoms with van der Waals surface area (Å²) < 4.78 is 39.9. The van der Waals surface area contributed by atoms with E-state index in [0.29, 0.717) is 27.7 Å². The minimum atomic E-state index is -4.09. The molecule has 1 aromatic heterocycles. The Morgan fingerprint density at radius 3 is 2.34 bits per heavy atom. The Bertz CT molecular complexity index is 1950. The van der Waals surface area contributed by atoms with Crippen molar-refractivity contribution in [3.8, 4) is 5.75 Å². The van der Waals surface area contributed by atoms with Gasteiger partial charge < -0.3 is 14.5 Å². The smallest absolute Gasteiger partial charge is 0.273 e. The molecule has 0 unspecified atom stereocenters. The van der Waals surface area contributed by atoms with Gasteiger partial charge in [0.25, 0.3) is 21.8 Å². The maximum Gasteiger partial charge on any atom is 0.273 e. The van der Waals surface area contributed by atoms with Crippen LogP contribution >= 0.6 is 11.6 Å². The second kappa shape index (κ2) is 15.3. The van der Waals surface area contributed by atoms with Gasteiger partial charge in [-0.1, -0.05) is 53.6 Å². The Balaban J connectivity index is 1.27. The first-order valence-corrected chi connectivity index (χ1v) is 16.3. The first kappa shape index (κ1) is 33.0. The Labute approximate surface area is 277 Å².